The number of aryl methyl sites for hydroxylation is 2. The van der Waals surface area contributed by atoms with E-state index in [1.807, 2.05) is 12.1 Å². The van der Waals surface area contributed by atoms with Gasteiger partial charge in [-0.05, 0) is 47.7 Å². The molecule has 1 nitrogen and oxygen atoms in total. The van der Waals surface area contributed by atoms with Crippen molar-refractivity contribution in [2.45, 2.75) is 20.4 Å². The van der Waals surface area contributed by atoms with Crippen LogP contribution in [0.25, 0.3) is 11.1 Å². The third-order valence-corrected chi connectivity index (χ3v) is 2.87. The first-order chi connectivity index (χ1) is 7.72. The third-order valence-electron chi connectivity index (χ3n) is 2.87. The van der Waals surface area contributed by atoms with Gasteiger partial charge in [0.1, 0.15) is 0 Å². The molecule has 0 amide bonds. The molecule has 0 saturated heterocycles. The van der Waals surface area contributed by atoms with Gasteiger partial charge in [0.25, 0.3) is 0 Å². The molecule has 0 heterocycles. The van der Waals surface area contributed by atoms with Crippen LogP contribution in [0.1, 0.15) is 16.7 Å². The number of benzene rings is 2. The van der Waals surface area contributed by atoms with E-state index >= 15 is 0 Å². The molecular formula is C15H16N. The molecule has 2 N–H and O–H groups in total. The van der Waals surface area contributed by atoms with Crippen molar-refractivity contribution >= 4 is 0 Å². The Hall–Kier alpha value is -1.60. The van der Waals surface area contributed by atoms with Crippen molar-refractivity contribution in [3.63, 3.8) is 0 Å². The lowest BCUT2D eigenvalue weighted by molar-refractivity contribution is 1.07. The second-order valence-electron chi connectivity index (χ2n) is 4.10. The van der Waals surface area contributed by atoms with E-state index in [2.05, 4.69) is 44.2 Å². The molecule has 0 unspecified atom stereocenters. The van der Waals surface area contributed by atoms with Gasteiger partial charge in [0, 0.05) is 6.54 Å². The summed E-state index contributed by atoms with van der Waals surface area (Å²) in [7, 11) is 0. The molecular weight excluding hydrogens is 194 g/mol. The largest absolute Gasteiger partial charge is 0.326 e. The minimum absolute atomic E-state index is 0.598. The van der Waals surface area contributed by atoms with Crippen molar-refractivity contribution in [3.05, 3.63) is 59.2 Å². The Kier molecular flexibility index (Phi) is 3.07. The number of rotatable bonds is 2. The lowest BCUT2D eigenvalue weighted by atomic mass is 9.95. The van der Waals surface area contributed by atoms with E-state index in [9.17, 15) is 0 Å². The van der Waals surface area contributed by atoms with Crippen molar-refractivity contribution in [1.82, 2.24) is 0 Å². The lowest BCUT2D eigenvalue weighted by Crippen LogP contribution is -1.95. The van der Waals surface area contributed by atoms with Gasteiger partial charge >= 0.3 is 0 Å². The quantitative estimate of drug-likeness (QED) is 0.809. The zero-order valence-corrected chi connectivity index (χ0v) is 9.75. The zero-order valence-electron chi connectivity index (χ0n) is 9.75. The SMILES string of the molecule is Cc1c[c]cc(C)c1-c1ccc(CN)cc1. The molecule has 0 aromatic heterocycles. The molecule has 2 aromatic carbocycles. The molecule has 0 spiro atoms. The molecule has 0 saturated carbocycles. The van der Waals surface area contributed by atoms with Gasteiger partial charge < -0.3 is 5.73 Å². The Morgan fingerprint density at radius 1 is 1.00 bits per heavy atom. The molecule has 1 radical (unpaired) electrons. The smallest absolute Gasteiger partial charge is 0.0178 e. The van der Waals surface area contributed by atoms with E-state index in [1.165, 1.54) is 27.8 Å². The van der Waals surface area contributed by atoms with Crippen LogP contribution >= 0.6 is 0 Å². The topological polar surface area (TPSA) is 26.0 Å². The molecule has 0 aliphatic heterocycles. The van der Waals surface area contributed by atoms with E-state index in [4.69, 9.17) is 5.73 Å². The summed E-state index contributed by atoms with van der Waals surface area (Å²) >= 11 is 0. The number of nitrogens with two attached hydrogens (primary N) is 1. The molecule has 0 bridgehead atoms. The van der Waals surface area contributed by atoms with Crippen LogP contribution in [0.4, 0.5) is 0 Å². The molecule has 2 rings (SSSR count). The van der Waals surface area contributed by atoms with Crippen LogP contribution in [-0.2, 0) is 6.54 Å². The molecule has 0 aliphatic rings. The highest BCUT2D eigenvalue weighted by atomic mass is 14.5. The normalized spacial score (nSPS) is 10.4. The van der Waals surface area contributed by atoms with Crippen LogP contribution in [0.5, 0.6) is 0 Å². The van der Waals surface area contributed by atoms with Gasteiger partial charge in [0.2, 0.25) is 0 Å². The molecule has 0 aliphatic carbocycles. The van der Waals surface area contributed by atoms with E-state index in [-0.39, 0.29) is 0 Å². The molecule has 1 heteroatoms. The van der Waals surface area contributed by atoms with Crippen molar-refractivity contribution in [2.75, 3.05) is 0 Å². The van der Waals surface area contributed by atoms with Crippen molar-refractivity contribution in [2.24, 2.45) is 5.73 Å². The van der Waals surface area contributed by atoms with Crippen LogP contribution in [0, 0.1) is 19.9 Å². The molecule has 2 aromatic rings. The first-order valence-electron chi connectivity index (χ1n) is 5.49. The molecule has 16 heavy (non-hydrogen) atoms. The maximum atomic E-state index is 5.59. The fraction of sp³-hybridized carbons (Fsp3) is 0.200. The minimum Gasteiger partial charge on any atom is -0.326 e. The summed E-state index contributed by atoms with van der Waals surface area (Å²) in [6, 6.07) is 15.6. The Balaban J connectivity index is 2.50. The standard InChI is InChI=1S/C15H16N/c1-11-4-3-5-12(2)15(11)14-8-6-13(10-16)7-9-14/h4-9H,10,16H2,1-2H3. The summed E-state index contributed by atoms with van der Waals surface area (Å²) in [4.78, 5) is 0. The molecule has 0 fully saturated rings. The average molecular weight is 210 g/mol. The predicted octanol–water partition coefficient (Wildman–Crippen LogP) is 3.23. The summed E-state index contributed by atoms with van der Waals surface area (Å²) in [6.07, 6.45) is 0. The highest BCUT2D eigenvalue weighted by Crippen LogP contribution is 2.26. The number of hydrogen-bond donors (Lipinski definition) is 1. The minimum atomic E-state index is 0.598. The predicted molar refractivity (Wildman–Crippen MR) is 68.1 cm³/mol. The van der Waals surface area contributed by atoms with Gasteiger partial charge in [-0.3, -0.25) is 0 Å². The third kappa shape index (κ3) is 2.00. The average Bonchev–Trinajstić information content (AvgIpc) is 2.30. The fourth-order valence-corrected chi connectivity index (χ4v) is 2.01. The maximum Gasteiger partial charge on any atom is 0.0178 e. The summed E-state index contributed by atoms with van der Waals surface area (Å²) in [6.45, 7) is 4.84. The number of hydrogen-bond acceptors (Lipinski definition) is 1. The molecule has 0 atom stereocenters. The Morgan fingerprint density at radius 2 is 1.56 bits per heavy atom. The van der Waals surface area contributed by atoms with Crippen LogP contribution in [-0.4, -0.2) is 0 Å². The van der Waals surface area contributed by atoms with Gasteiger partial charge in [-0.2, -0.15) is 0 Å². The first-order valence-corrected chi connectivity index (χ1v) is 5.49. The highest BCUT2D eigenvalue weighted by Gasteiger charge is 2.04. The maximum absolute atomic E-state index is 5.59. The summed E-state index contributed by atoms with van der Waals surface area (Å²) in [5.41, 5.74) is 11.8. The second kappa shape index (κ2) is 4.50. The Bertz CT molecular complexity index is 463. The van der Waals surface area contributed by atoms with E-state index in [0.717, 1.165) is 0 Å². The Morgan fingerprint density at radius 3 is 2.06 bits per heavy atom. The van der Waals surface area contributed by atoms with Gasteiger partial charge in [0.05, 0.1) is 0 Å². The van der Waals surface area contributed by atoms with Gasteiger partial charge in [-0.1, -0.05) is 36.4 Å². The van der Waals surface area contributed by atoms with Crippen molar-refractivity contribution < 1.29 is 0 Å². The van der Waals surface area contributed by atoms with Crippen molar-refractivity contribution in [3.8, 4) is 11.1 Å². The van der Waals surface area contributed by atoms with E-state index in [1.54, 1.807) is 0 Å². The van der Waals surface area contributed by atoms with E-state index in [0.29, 0.717) is 6.54 Å². The fourth-order valence-electron chi connectivity index (χ4n) is 2.01. The Labute approximate surface area is 96.9 Å². The van der Waals surface area contributed by atoms with E-state index < -0.39 is 0 Å². The highest BCUT2D eigenvalue weighted by molar-refractivity contribution is 5.70. The summed E-state index contributed by atoms with van der Waals surface area (Å²) in [5, 5.41) is 0. The van der Waals surface area contributed by atoms with Gasteiger partial charge in [0.15, 0.2) is 0 Å². The molecule has 81 valence electrons. The van der Waals surface area contributed by atoms with Crippen LogP contribution in [0.2, 0.25) is 0 Å². The van der Waals surface area contributed by atoms with Gasteiger partial charge in [-0.15, -0.1) is 0 Å². The zero-order chi connectivity index (χ0) is 11.5. The lowest BCUT2D eigenvalue weighted by Gasteiger charge is -2.10. The van der Waals surface area contributed by atoms with Crippen LogP contribution < -0.4 is 5.73 Å². The summed E-state index contributed by atoms with van der Waals surface area (Å²) in [5.74, 6) is 0. The summed E-state index contributed by atoms with van der Waals surface area (Å²) < 4.78 is 0. The second-order valence-corrected chi connectivity index (χ2v) is 4.10. The van der Waals surface area contributed by atoms with Gasteiger partial charge in [-0.25, -0.2) is 0 Å². The first kappa shape index (κ1) is 10.9. The van der Waals surface area contributed by atoms with Crippen LogP contribution in [0.3, 0.4) is 0 Å². The monoisotopic (exact) mass is 210 g/mol. The van der Waals surface area contributed by atoms with Crippen LogP contribution in [0.15, 0.2) is 36.4 Å². The van der Waals surface area contributed by atoms with Crippen molar-refractivity contribution in [1.29, 1.82) is 0 Å².